The van der Waals surface area contributed by atoms with Crippen molar-refractivity contribution in [1.82, 2.24) is 19.9 Å². The molecule has 8 nitrogen and oxygen atoms in total. The maximum atomic E-state index is 12.4. The molecule has 1 saturated carbocycles. The van der Waals surface area contributed by atoms with Gasteiger partial charge in [0.2, 0.25) is 0 Å². The van der Waals surface area contributed by atoms with Crippen molar-refractivity contribution < 1.29 is 9.53 Å². The molecular weight excluding hydrogens is 394 g/mol. The third-order valence-electron chi connectivity index (χ3n) is 5.17. The third kappa shape index (κ3) is 5.02. The number of alkyl carbamates (subject to hydrolysis) is 1. The van der Waals surface area contributed by atoms with E-state index in [1.807, 2.05) is 45.0 Å². The van der Waals surface area contributed by atoms with Gasteiger partial charge in [-0.1, -0.05) is 0 Å². The predicted octanol–water partition coefficient (Wildman–Crippen LogP) is 3.64. The number of carbonyl (C=O) groups is 1. The number of nitrogens with one attached hydrogen (secondary N) is 2. The molecule has 8 heteroatoms. The fourth-order valence-corrected chi connectivity index (χ4v) is 3.85. The first-order chi connectivity index (χ1) is 14.8. The van der Waals surface area contributed by atoms with E-state index in [0.717, 1.165) is 30.5 Å². The lowest BCUT2D eigenvalue weighted by Gasteiger charge is -2.22. The molecule has 1 fully saturated rings. The second-order valence-corrected chi connectivity index (χ2v) is 8.82. The molecule has 0 aliphatic heterocycles. The number of amides is 1. The highest BCUT2D eigenvalue weighted by Crippen LogP contribution is 2.23. The van der Waals surface area contributed by atoms with Crippen LogP contribution in [0.25, 0.3) is 16.7 Å². The molecule has 1 aliphatic rings. The number of carbonyl (C=O) groups excluding carboxylic acids is 1. The molecule has 1 amide bonds. The molecule has 3 aromatic heterocycles. The molecule has 0 bridgehead atoms. The number of hydrogen-bond donors (Lipinski definition) is 2. The van der Waals surface area contributed by atoms with Gasteiger partial charge in [0.1, 0.15) is 17.1 Å². The quantitative estimate of drug-likeness (QED) is 0.667. The number of anilines is 1. The minimum absolute atomic E-state index is 0.0759. The molecule has 1 aliphatic carbocycles. The Bertz CT molecular complexity index is 1130. The van der Waals surface area contributed by atoms with E-state index in [2.05, 4.69) is 20.6 Å². The second-order valence-electron chi connectivity index (χ2n) is 8.82. The Kier molecular flexibility index (Phi) is 5.63. The first kappa shape index (κ1) is 20.8. The molecule has 162 valence electrons. The largest absolute Gasteiger partial charge is 0.444 e. The maximum Gasteiger partial charge on any atom is 0.407 e. The predicted molar refractivity (Wildman–Crippen MR) is 120 cm³/mol. The van der Waals surface area contributed by atoms with E-state index < -0.39 is 5.60 Å². The number of aromatic nitrogens is 3. The van der Waals surface area contributed by atoms with Crippen LogP contribution in [0.3, 0.4) is 0 Å². The zero-order valence-corrected chi connectivity index (χ0v) is 18.0. The number of pyridine rings is 3. The molecule has 3 aromatic rings. The Hall–Kier alpha value is -3.42. The highest BCUT2D eigenvalue weighted by atomic mass is 16.6. The number of ether oxygens (including phenoxy) is 1. The summed E-state index contributed by atoms with van der Waals surface area (Å²) in [5.41, 5.74) is 0.605. The molecule has 3 heterocycles. The van der Waals surface area contributed by atoms with E-state index in [-0.39, 0.29) is 23.7 Å². The van der Waals surface area contributed by atoms with Gasteiger partial charge in [0.25, 0.3) is 5.56 Å². The summed E-state index contributed by atoms with van der Waals surface area (Å²) in [6, 6.07) is 11.1. The molecule has 0 saturated heterocycles. The van der Waals surface area contributed by atoms with Crippen molar-refractivity contribution in [2.45, 2.75) is 57.7 Å². The molecule has 0 radical (unpaired) electrons. The molecule has 0 spiro atoms. The van der Waals surface area contributed by atoms with E-state index in [1.165, 1.54) is 6.07 Å². The molecule has 0 unspecified atom stereocenters. The van der Waals surface area contributed by atoms with Crippen molar-refractivity contribution in [2.24, 2.45) is 0 Å². The van der Waals surface area contributed by atoms with Crippen molar-refractivity contribution in [3.05, 3.63) is 59.1 Å². The summed E-state index contributed by atoms with van der Waals surface area (Å²) in [6.07, 6.45) is 5.57. The first-order valence-corrected chi connectivity index (χ1v) is 10.5. The Labute approximate surface area is 180 Å². The Morgan fingerprint density at radius 3 is 2.65 bits per heavy atom. The van der Waals surface area contributed by atoms with E-state index in [9.17, 15) is 9.59 Å². The van der Waals surface area contributed by atoms with Crippen LogP contribution >= 0.6 is 0 Å². The molecule has 31 heavy (non-hydrogen) atoms. The molecule has 2 atom stereocenters. The number of hydrogen-bond acceptors (Lipinski definition) is 6. The maximum absolute atomic E-state index is 12.4. The van der Waals surface area contributed by atoms with Gasteiger partial charge in [0.15, 0.2) is 0 Å². The Balaban J connectivity index is 1.41. The van der Waals surface area contributed by atoms with Crippen LogP contribution in [-0.2, 0) is 4.74 Å². The van der Waals surface area contributed by atoms with Crippen LogP contribution in [0.5, 0.6) is 0 Å². The normalized spacial score (nSPS) is 18.7. The zero-order chi connectivity index (χ0) is 22.0. The van der Waals surface area contributed by atoms with E-state index in [1.54, 1.807) is 23.0 Å². The summed E-state index contributed by atoms with van der Waals surface area (Å²) >= 11 is 0. The first-order valence-electron chi connectivity index (χ1n) is 10.5. The van der Waals surface area contributed by atoms with Gasteiger partial charge in [0, 0.05) is 29.7 Å². The average molecular weight is 422 g/mol. The Morgan fingerprint density at radius 1 is 1.10 bits per heavy atom. The molecule has 2 N–H and O–H groups in total. The van der Waals surface area contributed by atoms with Crippen molar-refractivity contribution in [3.63, 3.8) is 0 Å². The average Bonchev–Trinajstić information content (AvgIpc) is 3.14. The fourth-order valence-electron chi connectivity index (χ4n) is 3.85. The summed E-state index contributed by atoms with van der Waals surface area (Å²) in [5.74, 6) is 0.730. The van der Waals surface area contributed by atoms with Crippen molar-refractivity contribution >= 4 is 22.9 Å². The summed E-state index contributed by atoms with van der Waals surface area (Å²) in [7, 11) is 0. The van der Waals surface area contributed by atoms with Gasteiger partial charge in [-0.25, -0.2) is 14.8 Å². The second kappa shape index (κ2) is 8.37. The lowest BCUT2D eigenvalue weighted by Crippen LogP contribution is -2.38. The zero-order valence-electron chi connectivity index (χ0n) is 18.0. The molecule has 0 aromatic carbocycles. The van der Waals surface area contributed by atoms with E-state index in [0.29, 0.717) is 11.3 Å². The summed E-state index contributed by atoms with van der Waals surface area (Å²) in [5, 5.41) is 7.24. The van der Waals surface area contributed by atoms with Gasteiger partial charge >= 0.3 is 6.09 Å². The molecule has 4 rings (SSSR count). The van der Waals surface area contributed by atoms with Gasteiger partial charge in [0.05, 0.1) is 11.9 Å². The summed E-state index contributed by atoms with van der Waals surface area (Å²) < 4.78 is 6.89. The van der Waals surface area contributed by atoms with Crippen molar-refractivity contribution in [3.8, 4) is 5.69 Å². The lowest BCUT2D eigenvalue weighted by molar-refractivity contribution is 0.0505. The van der Waals surface area contributed by atoms with Gasteiger partial charge < -0.3 is 15.4 Å². The third-order valence-corrected chi connectivity index (χ3v) is 5.17. The van der Waals surface area contributed by atoms with E-state index >= 15 is 0 Å². The van der Waals surface area contributed by atoms with Crippen LogP contribution < -0.4 is 16.2 Å². The summed E-state index contributed by atoms with van der Waals surface area (Å²) in [4.78, 5) is 33.3. The minimum atomic E-state index is -0.506. The highest BCUT2D eigenvalue weighted by molar-refractivity contribution is 5.76. The van der Waals surface area contributed by atoms with Crippen LogP contribution in [0.4, 0.5) is 10.6 Å². The van der Waals surface area contributed by atoms with Crippen LogP contribution in [0.2, 0.25) is 0 Å². The fraction of sp³-hybridized carbons (Fsp3) is 0.391. The van der Waals surface area contributed by atoms with Crippen LogP contribution in [-0.4, -0.2) is 38.3 Å². The summed E-state index contributed by atoms with van der Waals surface area (Å²) in [6.45, 7) is 5.55. The van der Waals surface area contributed by atoms with E-state index in [4.69, 9.17) is 4.74 Å². The van der Waals surface area contributed by atoms with Gasteiger partial charge in [-0.3, -0.25) is 9.36 Å². The molecular formula is C23H27N5O3. The van der Waals surface area contributed by atoms with Crippen molar-refractivity contribution in [1.29, 1.82) is 0 Å². The van der Waals surface area contributed by atoms with Gasteiger partial charge in [-0.2, -0.15) is 0 Å². The van der Waals surface area contributed by atoms with Gasteiger partial charge in [-0.05, 0) is 70.4 Å². The smallest absolute Gasteiger partial charge is 0.407 e. The number of nitrogens with zero attached hydrogens (tertiary/aromatic N) is 3. The van der Waals surface area contributed by atoms with Crippen molar-refractivity contribution in [2.75, 3.05) is 5.32 Å². The minimum Gasteiger partial charge on any atom is -0.444 e. The van der Waals surface area contributed by atoms with Crippen LogP contribution in [0, 0.1) is 0 Å². The standard InChI is InChI=1S/C23H27N5O3/c1-23(2,3)31-22(30)27-17-8-7-16(13-17)26-19-10-9-18(14-25-19)28-20(29)11-6-15-5-4-12-24-21(15)28/h4-6,9-12,14,16-17H,7-8,13H2,1-3H3,(H,25,26)(H,27,30)/t16-,17-/m0/s1. The Morgan fingerprint density at radius 2 is 1.90 bits per heavy atom. The lowest BCUT2D eigenvalue weighted by atomic mass is 10.2. The highest BCUT2D eigenvalue weighted by Gasteiger charge is 2.27. The van der Waals surface area contributed by atoms with Crippen LogP contribution in [0.1, 0.15) is 40.0 Å². The SMILES string of the molecule is CC(C)(C)OC(=O)N[C@H]1CC[C@H](Nc2ccc(-n3c(=O)ccc4cccnc43)cn2)C1. The monoisotopic (exact) mass is 421 g/mol. The number of rotatable bonds is 4. The van der Waals surface area contributed by atoms with Gasteiger partial charge in [-0.15, -0.1) is 0 Å². The number of fused-ring (bicyclic) bond motifs is 1. The topological polar surface area (TPSA) is 98.1 Å². The van der Waals surface area contributed by atoms with Crippen LogP contribution in [0.15, 0.2) is 53.6 Å².